The molecule has 0 aliphatic heterocycles. The number of carbonyl (C=O) groups excluding carboxylic acids is 1. The molecule has 1 aromatic carbocycles. The van der Waals surface area contributed by atoms with Gasteiger partial charge in [0.05, 0.1) is 0 Å². The van der Waals surface area contributed by atoms with Gasteiger partial charge in [-0.1, -0.05) is 55.8 Å². The second kappa shape index (κ2) is 9.73. The van der Waals surface area contributed by atoms with Crippen LogP contribution in [-0.2, 0) is 16.0 Å². The molecular weight excluding hydrogens is 494 g/mol. The second-order valence-electron chi connectivity index (χ2n) is 13.3. The Morgan fingerprint density at radius 1 is 1.07 bits per heavy atom. The zero-order valence-corrected chi connectivity index (χ0v) is 23.7. The fraction of sp³-hybridized carbons (Fsp3) is 0.486. The maximum atomic E-state index is 13.1. The molecule has 4 aliphatic rings. The molecule has 2 saturated carbocycles. The Balaban J connectivity index is 1.02. The van der Waals surface area contributed by atoms with Crippen LogP contribution in [0.1, 0.15) is 69.9 Å². The van der Waals surface area contributed by atoms with E-state index in [1.54, 1.807) is 0 Å². The topological polar surface area (TPSA) is 81.0 Å². The lowest BCUT2D eigenvalue weighted by atomic mass is 9.47. The highest BCUT2D eigenvalue weighted by Crippen LogP contribution is 2.66. The molecule has 208 valence electrons. The standard InChI is InChI=1S/C35H41N3O2/c1-34-15-13-25(40-33(39)31(36)18-23-21-38-32-8-4-3-7-26(23)32)19-24(34)9-10-27-29-12-11-28(22-6-5-17-37-20-22)35(29,2)16-14-30(27)34/h3-9,11,17,20-21,25,27,29-31,38H,10,12-16,18-19,36H2,1-2H3/t25-,27-,29-,30-,31+,34-,35+/m0/s1. The van der Waals surface area contributed by atoms with Crippen LogP contribution in [-0.4, -0.2) is 28.1 Å². The number of pyridine rings is 1. The number of aromatic nitrogens is 2. The summed E-state index contributed by atoms with van der Waals surface area (Å²) in [5.74, 6) is 1.82. The minimum absolute atomic E-state index is 0.0726. The first-order valence-electron chi connectivity index (χ1n) is 15.2. The van der Waals surface area contributed by atoms with Gasteiger partial charge in [0.2, 0.25) is 0 Å². The third kappa shape index (κ3) is 4.08. The zero-order valence-electron chi connectivity index (χ0n) is 23.7. The van der Waals surface area contributed by atoms with Crippen molar-refractivity contribution in [3.63, 3.8) is 0 Å². The summed E-state index contributed by atoms with van der Waals surface area (Å²) >= 11 is 0. The van der Waals surface area contributed by atoms with Crippen molar-refractivity contribution in [3.8, 4) is 0 Å². The van der Waals surface area contributed by atoms with Gasteiger partial charge in [0.25, 0.3) is 0 Å². The lowest BCUT2D eigenvalue weighted by Gasteiger charge is -2.57. The van der Waals surface area contributed by atoms with E-state index in [0.717, 1.165) is 42.1 Å². The highest BCUT2D eigenvalue weighted by molar-refractivity contribution is 5.84. The average Bonchev–Trinajstić information content (AvgIpc) is 3.54. The molecule has 3 aromatic rings. The van der Waals surface area contributed by atoms with Crippen molar-refractivity contribution in [2.24, 2.45) is 34.3 Å². The number of nitrogens with one attached hydrogen (secondary N) is 1. The average molecular weight is 536 g/mol. The predicted octanol–water partition coefficient (Wildman–Crippen LogP) is 7.00. The van der Waals surface area contributed by atoms with Crippen LogP contribution in [0.15, 0.2) is 72.7 Å². The lowest BCUT2D eigenvalue weighted by molar-refractivity contribution is -0.153. The molecule has 2 aromatic heterocycles. The number of nitrogens with zero attached hydrogens (tertiary/aromatic N) is 1. The van der Waals surface area contributed by atoms with Crippen molar-refractivity contribution >= 4 is 22.4 Å². The van der Waals surface area contributed by atoms with Crippen molar-refractivity contribution < 1.29 is 9.53 Å². The molecule has 0 bridgehead atoms. The number of carbonyl (C=O) groups is 1. The molecule has 2 heterocycles. The number of aromatic amines is 1. The number of ether oxygens (including phenoxy) is 1. The van der Waals surface area contributed by atoms with Crippen LogP contribution in [0, 0.1) is 28.6 Å². The number of nitrogens with two attached hydrogens (primary N) is 1. The Morgan fingerprint density at radius 3 is 2.77 bits per heavy atom. The second-order valence-corrected chi connectivity index (χ2v) is 13.3. The highest BCUT2D eigenvalue weighted by Gasteiger charge is 2.57. The van der Waals surface area contributed by atoms with Crippen molar-refractivity contribution in [2.75, 3.05) is 0 Å². The molecule has 40 heavy (non-hydrogen) atoms. The molecule has 7 atom stereocenters. The highest BCUT2D eigenvalue weighted by atomic mass is 16.5. The minimum Gasteiger partial charge on any atom is -0.461 e. The van der Waals surface area contributed by atoms with Gasteiger partial charge in [-0.3, -0.25) is 9.78 Å². The van der Waals surface area contributed by atoms with Gasteiger partial charge in [-0.25, -0.2) is 0 Å². The Kier molecular flexibility index (Phi) is 6.27. The summed E-state index contributed by atoms with van der Waals surface area (Å²) in [6.45, 7) is 5.01. The van der Waals surface area contributed by atoms with Crippen molar-refractivity contribution in [3.05, 3.63) is 83.8 Å². The van der Waals surface area contributed by atoms with Crippen LogP contribution in [0.25, 0.3) is 16.5 Å². The summed E-state index contributed by atoms with van der Waals surface area (Å²) in [5, 5.41) is 1.12. The Hall–Kier alpha value is -3.18. The number of hydrogen-bond acceptors (Lipinski definition) is 4. The third-order valence-corrected chi connectivity index (χ3v) is 11.3. The number of benzene rings is 1. The van der Waals surface area contributed by atoms with Gasteiger partial charge in [0.1, 0.15) is 12.1 Å². The molecule has 0 unspecified atom stereocenters. The smallest absolute Gasteiger partial charge is 0.323 e. The summed E-state index contributed by atoms with van der Waals surface area (Å²) in [7, 11) is 0. The molecule has 3 N–H and O–H groups in total. The molecular formula is C35H41N3O2. The van der Waals surface area contributed by atoms with E-state index < -0.39 is 6.04 Å². The van der Waals surface area contributed by atoms with Gasteiger partial charge in [0.15, 0.2) is 0 Å². The predicted molar refractivity (Wildman–Crippen MR) is 159 cm³/mol. The third-order valence-electron chi connectivity index (χ3n) is 11.3. The first-order valence-corrected chi connectivity index (χ1v) is 15.2. The van der Waals surface area contributed by atoms with Gasteiger partial charge in [-0.15, -0.1) is 0 Å². The van der Waals surface area contributed by atoms with E-state index in [4.69, 9.17) is 10.5 Å². The Morgan fingerprint density at radius 2 is 1.93 bits per heavy atom. The molecule has 0 saturated heterocycles. The van der Waals surface area contributed by atoms with Crippen LogP contribution in [0.5, 0.6) is 0 Å². The molecule has 0 spiro atoms. The van der Waals surface area contributed by atoms with Gasteiger partial charge in [-0.2, -0.15) is 0 Å². The van der Waals surface area contributed by atoms with Gasteiger partial charge < -0.3 is 15.5 Å². The number of fused-ring (bicyclic) bond motifs is 6. The molecule has 7 rings (SSSR count). The normalized spacial score (nSPS) is 33.8. The number of rotatable bonds is 5. The van der Waals surface area contributed by atoms with E-state index >= 15 is 0 Å². The SMILES string of the molecule is C[C@]12CC[C@H](OC(=O)[C@H](N)Cc3c[nH]c4ccccc34)CC1=CC[C@@H]1[C@@H]2CC[C@]2(C)C(c3cccnc3)=CC[C@@H]12. The van der Waals surface area contributed by atoms with Crippen LogP contribution in [0.2, 0.25) is 0 Å². The van der Waals surface area contributed by atoms with Crippen LogP contribution in [0.4, 0.5) is 0 Å². The summed E-state index contributed by atoms with van der Waals surface area (Å²) in [6, 6.07) is 11.8. The summed E-state index contributed by atoms with van der Waals surface area (Å²) in [6.07, 6.45) is 19.0. The molecule has 0 radical (unpaired) electrons. The van der Waals surface area contributed by atoms with Gasteiger partial charge in [0, 0.05) is 42.3 Å². The number of H-pyrrole nitrogens is 1. The van der Waals surface area contributed by atoms with Crippen LogP contribution >= 0.6 is 0 Å². The summed E-state index contributed by atoms with van der Waals surface area (Å²) in [5.41, 5.74) is 13.3. The van der Waals surface area contributed by atoms with E-state index in [1.165, 1.54) is 36.0 Å². The number of para-hydroxylation sites is 1. The molecule has 4 aliphatic carbocycles. The Labute approximate surface area is 237 Å². The van der Waals surface area contributed by atoms with E-state index in [9.17, 15) is 4.79 Å². The first-order chi connectivity index (χ1) is 19.4. The number of esters is 1. The first kappa shape index (κ1) is 25.8. The molecule has 2 fully saturated rings. The van der Waals surface area contributed by atoms with Gasteiger partial charge >= 0.3 is 5.97 Å². The van der Waals surface area contributed by atoms with E-state index in [1.807, 2.05) is 36.8 Å². The van der Waals surface area contributed by atoms with Crippen molar-refractivity contribution in [1.82, 2.24) is 9.97 Å². The fourth-order valence-electron chi connectivity index (χ4n) is 9.14. The van der Waals surface area contributed by atoms with Crippen LogP contribution < -0.4 is 5.73 Å². The maximum Gasteiger partial charge on any atom is 0.323 e. The fourth-order valence-corrected chi connectivity index (χ4v) is 9.14. The monoisotopic (exact) mass is 535 g/mol. The molecule has 0 amide bonds. The summed E-state index contributed by atoms with van der Waals surface area (Å²) in [4.78, 5) is 20.8. The van der Waals surface area contributed by atoms with E-state index in [-0.39, 0.29) is 22.9 Å². The number of hydrogen-bond donors (Lipinski definition) is 2. The summed E-state index contributed by atoms with van der Waals surface area (Å²) < 4.78 is 6.06. The lowest BCUT2D eigenvalue weighted by Crippen LogP contribution is -2.50. The van der Waals surface area contributed by atoms with E-state index in [0.29, 0.717) is 24.2 Å². The quantitative estimate of drug-likeness (QED) is 0.272. The molecule has 5 heteroatoms. The minimum atomic E-state index is -0.655. The van der Waals surface area contributed by atoms with Crippen molar-refractivity contribution in [2.45, 2.75) is 77.4 Å². The Bertz CT molecular complexity index is 1490. The number of allylic oxidation sites excluding steroid dienone is 3. The van der Waals surface area contributed by atoms with E-state index in [2.05, 4.69) is 54.2 Å². The van der Waals surface area contributed by atoms with Gasteiger partial charge in [-0.05, 0) is 95.9 Å². The largest absolute Gasteiger partial charge is 0.461 e. The van der Waals surface area contributed by atoms with Crippen LogP contribution in [0.3, 0.4) is 0 Å². The zero-order chi connectivity index (χ0) is 27.5. The maximum absolute atomic E-state index is 13.1. The molecule has 5 nitrogen and oxygen atoms in total. The van der Waals surface area contributed by atoms with Crippen molar-refractivity contribution in [1.29, 1.82) is 0 Å².